The number of hydrogen-bond donors (Lipinski definition) is 0. The fourth-order valence-electron chi connectivity index (χ4n) is 1.40. The summed E-state index contributed by atoms with van der Waals surface area (Å²) in [4.78, 5) is 10.4. The maximum Gasteiger partial charge on any atom is 0.290 e. The molecular weight excluding hydrogens is 204 g/mol. The minimum atomic E-state index is 0.264. The van der Waals surface area contributed by atoms with Gasteiger partial charge in [0, 0.05) is 6.07 Å². The Morgan fingerprint density at radius 3 is 2.69 bits per heavy atom. The van der Waals surface area contributed by atoms with Crippen molar-refractivity contribution in [1.82, 2.24) is 0 Å². The first-order valence-corrected chi connectivity index (χ1v) is 5.00. The zero-order chi connectivity index (χ0) is 11.5. The molecule has 0 saturated heterocycles. The van der Waals surface area contributed by atoms with Crippen LogP contribution in [0, 0.1) is 13.8 Å². The highest BCUT2D eigenvalue weighted by Crippen LogP contribution is 2.27. The van der Waals surface area contributed by atoms with Crippen LogP contribution in [0.5, 0.6) is 11.7 Å². The van der Waals surface area contributed by atoms with Gasteiger partial charge in [0.15, 0.2) is 12.0 Å². The molecule has 0 spiro atoms. The van der Waals surface area contributed by atoms with Crippen LogP contribution in [0.3, 0.4) is 0 Å². The summed E-state index contributed by atoms with van der Waals surface area (Å²) in [5, 5.41) is 0. The maximum absolute atomic E-state index is 10.4. The van der Waals surface area contributed by atoms with Gasteiger partial charge >= 0.3 is 0 Å². The molecule has 0 radical (unpaired) electrons. The first kappa shape index (κ1) is 10.5. The van der Waals surface area contributed by atoms with E-state index < -0.39 is 0 Å². The average molecular weight is 216 g/mol. The van der Waals surface area contributed by atoms with Crippen LogP contribution >= 0.6 is 0 Å². The molecule has 0 saturated carbocycles. The minimum Gasteiger partial charge on any atom is -0.426 e. The Hall–Kier alpha value is -2.03. The molecule has 0 fully saturated rings. The van der Waals surface area contributed by atoms with E-state index in [0.29, 0.717) is 12.2 Å². The standard InChI is InChI=1S/C13H12O3/c1-9-4-3-5-12(10(9)2)16-13-7-6-11(8-14)15-13/h3-8H,1-2H3. The molecule has 0 bridgehead atoms. The van der Waals surface area contributed by atoms with E-state index in [0.717, 1.165) is 16.9 Å². The second-order valence-electron chi connectivity index (χ2n) is 3.57. The molecule has 1 heterocycles. The summed E-state index contributed by atoms with van der Waals surface area (Å²) in [5.41, 5.74) is 2.21. The minimum absolute atomic E-state index is 0.264. The van der Waals surface area contributed by atoms with Crippen LogP contribution in [0.1, 0.15) is 21.7 Å². The second-order valence-corrected chi connectivity index (χ2v) is 3.57. The third-order valence-electron chi connectivity index (χ3n) is 2.48. The predicted molar refractivity (Wildman–Crippen MR) is 60.1 cm³/mol. The summed E-state index contributed by atoms with van der Waals surface area (Å²) < 4.78 is 10.7. The molecule has 0 atom stereocenters. The van der Waals surface area contributed by atoms with Gasteiger partial charge in [-0.1, -0.05) is 12.1 Å². The largest absolute Gasteiger partial charge is 0.426 e. The number of aryl methyl sites for hydroxylation is 1. The molecule has 0 N–H and O–H groups in total. The van der Waals surface area contributed by atoms with Gasteiger partial charge in [0.25, 0.3) is 5.95 Å². The Kier molecular flexibility index (Phi) is 2.77. The lowest BCUT2D eigenvalue weighted by atomic mass is 10.1. The number of aldehydes is 1. The second kappa shape index (κ2) is 4.23. The number of carbonyl (C=O) groups excluding carboxylic acids is 1. The van der Waals surface area contributed by atoms with Crippen molar-refractivity contribution in [3.8, 4) is 11.7 Å². The van der Waals surface area contributed by atoms with Crippen molar-refractivity contribution in [2.45, 2.75) is 13.8 Å². The molecule has 3 heteroatoms. The maximum atomic E-state index is 10.4. The first-order valence-electron chi connectivity index (χ1n) is 5.00. The van der Waals surface area contributed by atoms with Crippen LogP contribution in [0.15, 0.2) is 34.7 Å². The predicted octanol–water partition coefficient (Wildman–Crippen LogP) is 3.50. The molecule has 2 aromatic rings. The molecular formula is C13H12O3. The zero-order valence-corrected chi connectivity index (χ0v) is 9.19. The summed E-state index contributed by atoms with van der Waals surface area (Å²) in [6.45, 7) is 4.00. The Bertz CT molecular complexity index is 512. The van der Waals surface area contributed by atoms with E-state index in [2.05, 4.69) is 0 Å². The van der Waals surface area contributed by atoms with E-state index in [1.165, 1.54) is 0 Å². The molecule has 0 unspecified atom stereocenters. The van der Waals surface area contributed by atoms with Gasteiger partial charge in [0.2, 0.25) is 0 Å². The van der Waals surface area contributed by atoms with Gasteiger partial charge in [0.1, 0.15) is 5.75 Å². The van der Waals surface area contributed by atoms with Crippen molar-refractivity contribution >= 4 is 6.29 Å². The topological polar surface area (TPSA) is 39.4 Å². The summed E-state index contributed by atoms with van der Waals surface area (Å²) >= 11 is 0. The van der Waals surface area contributed by atoms with E-state index in [1.54, 1.807) is 12.1 Å². The van der Waals surface area contributed by atoms with Crippen LogP contribution < -0.4 is 4.74 Å². The summed E-state index contributed by atoms with van der Waals surface area (Å²) in [6, 6.07) is 9.01. The third-order valence-corrected chi connectivity index (χ3v) is 2.48. The lowest BCUT2D eigenvalue weighted by Gasteiger charge is -2.07. The zero-order valence-electron chi connectivity index (χ0n) is 9.19. The van der Waals surface area contributed by atoms with E-state index in [9.17, 15) is 4.79 Å². The molecule has 0 amide bonds. The Morgan fingerprint density at radius 2 is 2.00 bits per heavy atom. The van der Waals surface area contributed by atoms with Crippen LogP contribution in [0.4, 0.5) is 0 Å². The van der Waals surface area contributed by atoms with Crippen LogP contribution in [-0.4, -0.2) is 6.29 Å². The van der Waals surface area contributed by atoms with Gasteiger partial charge in [-0.2, -0.15) is 0 Å². The lowest BCUT2D eigenvalue weighted by Crippen LogP contribution is -1.88. The molecule has 2 rings (SSSR count). The van der Waals surface area contributed by atoms with Gasteiger partial charge in [-0.25, -0.2) is 0 Å². The Labute approximate surface area is 93.7 Å². The molecule has 16 heavy (non-hydrogen) atoms. The smallest absolute Gasteiger partial charge is 0.290 e. The van der Waals surface area contributed by atoms with E-state index in [1.807, 2.05) is 32.0 Å². The SMILES string of the molecule is Cc1cccc(Oc2ccc(C=O)o2)c1C. The fourth-order valence-corrected chi connectivity index (χ4v) is 1.40. The molecule has 1 aromatic carbocycles. The van der Waals surface area contributed by atoms with E-state index in [-0.39, 0.29) is 5.76 Å². The molecule has 0 aliphatic rings. The first-order chi connectivity index (χ1) is 7.70. The highest BCUT2D eigenvalue weighted by molar-refractivity contribution is 5.70. The summed E-state index contributed by atoms with van der Waals surface area (Å²) in [6.07, 6.45) is 0.649. The van der Waals surface area contributed by atoms with Crippen molar-refractivity contribution in [1.29, 1.82) is 0 Å². The lowest BCUT2D eigenvalue weighted by molar-refractivity contribution is 0.109. The fraction of sp³-hybridized carbons (Fsp3) is 0.154. The number of furan rings is 1. The molecule has 3 nitrogen and oxygen atoms in total. The van der Waals surface area contributed by atoms with Crippen molar-refractivity contribution in [2.24, 2.45) is 0 Å². The monoisotopic (exact) mass is 216 g/mol. The van der Waals surface area contributed by atoms with Gasteiger partial charge in [0.05, 0.1) is 0 Å². The van der Waals surface area contributed by atoms with E-state index in [4.69, 9.17) is 9.15 Å². The molecule has 82 valence electrons. The van der Waals surface area contributed by atoms with Crippen LogP contribution in [-0.2, 0) is 0 Å². The third kappa shape index (κ3) is 1.98. The van der Waals surface area contributed by atoms with Gasteiger partial charge < -0.3 is 9.15 Å². The normalized spacial score (nSPS) is 10.1. The quantitative estimate of drug-likeness (QED) is 0.737. The number of rotatable bonds is 3. The van der Waals surface area contributed by atoms with Crippen LogP contribution in [0.2, 0.25) is 0 Å². The summed E-state index contributed by atoms with van der Waals surface area (Å²) in [7, 11) is 0. The van der Waals surface area contributed by atoms with Crippen LogP contribution in [0.25, 0.3) is 0 Å². The number of carbonyl (C=O) groups is 1. The van der Waals surface area contributed by atoms with E-state index >= 15 is 0 Å². The highest BCUT2D eigenvalue weighted by Gasteiger charge is 2.06. The average Bonchev–Trinajstić information content (AvgIpc) is 2.73. The summed E-state index contributed by atoms with van der Waals surface area (Å²) in [5.74, 6) is 1.34. The van der Waals surface area contributed by atoms with Crippen molar-refractivity contribution in [3.05, 3.63) is 47.2 Å². The van der Waals surface area contributed by atoms with Crippen molar-refractivity contribution in [3.63, 3.8) is 0 Å². The number of hydrogen-bond acceptors (Lipinski definition) is 3. The highest BCUT2D eigenvalue weighted by atomic mass is 16.6. The van der Waals surface area contributed by atoms with Gasteiger partial charge in [-0.05, 0) is 37.1 Å². The molecule has 1 aromatic heterocycles. The number of ether oxygens (including phenoxy) is 1. The van der Waals surface area contributed by atoms with Crippen molar-refractivity contribution in [2.75, 3.05) is 0 Å². The van der Waals surface area contributed by atoms with Gasteiger partial charge in [-0.3, -0.25) is 4.79 Å². The number of benzene rings is 1. The Balaban J connectivity index is 2.26. The molecule has 0 aliphatic carbocycles. The van der Waals surface area contributed by atoms with Gasteiger partial charge in [-0.15, -0.1) is 0 Å². The van der Waals surface area contributed by atoms with Crippen molar-refractivity contribution < 1.29 is 13.9 Å². The molecule has 0 aliphatic heterocycles. The Morgan fingerprint density at radius 1 is 1.19 bits per heavy atom.